The Morgan fingerprint density at radius 3 is 2.06 bits per heavy atom. The van der Waals surface area contributed by atoms with Crippen LogP contribution in [-0.2, 0) is 29.0 Å². The van der Waals surface area contributed by atoms with E-state index >= 15 is 0 Å². The van der Waals surface area contributed by atoms with E-state index in [1.807, 2.05) is 65.6 Å². The summed E-state index contributed by atoms with van der Waals surface area (Å²) in [5, 5.41) is 3.31. The van der Waals surface area contributed by atoms with Crippen molar-refractivity contribution in [2.45, 2.75) is 76.9 Å². The van der Waals surface area contributed by atoms with E-state index in [1.165, 1.54) is 12.0 Å². The summed E-state index contributed by atoms with van der Waals surface area (Å²) in [6.45, 7) is 2.48. The van der Waals surface area contributed by atoms with E-state index in [4.69, 9.17) is 0 Å². The average Bonchev–Trinajstić information content (AvgIpc) is 2.92. The van der Waals surface area contributed by atoms with Crippen LogP contribution < -0.4 is 5.32 Å². The zero-order valence-corrected chi connectivity index (χ0v) is 21.4. The number of aryl methyl sites for hydroxylation is 2. The van der Waals surface area contributed by atoms with Gasteiger partial charge in [0.25, 0.3) is 0 Å². The predicted molar refractivity (Wildman–Crippen MR) is 145 cm³/mol. The zero-order valence-electron chi connectivity index (χ0n) is 21.4. The minimum absolute atomic E-state index is 0.0131. The standard InChI is InChI=1S/C32H38N2O2/c1-25-17-19-26(20-18-25)21-22-31(35)34(24-28-13-7-3-8-14-28)30(23-27-11-5-2-6-12-27)32(36)33-29-15-9-4-10-16-29/h2-3,5-8,11-14,17-20,29-30H,4,9-10,15-16,21-24H2,1H3,(H,33,36)/t30-/m1/s1. The molecule has 1 aliphatic carbocycles. The summed E-state index contributed by atoms with van der Waals surface area (Å²) in [5.41, 5.74) is 4.44. The lowest BCUT2D eigenvalue weighted by Crippen LogP contribution is -2.52. The molecule has 1 atom stereocenters. The Morgan fingerprint density at radius 2 is 1.42 bits per heavy atom. The lowest BCUT2D eigenvalue weighted by molar-refractivity contribution is -0.141. The van der Waals surface area contributed by atoms with Gasteiger partial charge in [0.05, 0.1) is 0 Å². The predicted octanol–water partition coefficient (Wildman–Crippen LogP) is 6.02. The maximum absolute atomic E-state index is 13.8. The number of nitrogens with one attached hydrogen (secondary N) is 1. The van der Waals surface area contributed by atoms with E-state index in [0.29, 0.717) is 25.8 Å². The first kappa shape index (κ1) is 25.7. The van der Waals surface area contributed by atoms with Crippen molar-refractivity contribution in [1.29, 1.82) is 0 Å². The van der Waals surface area contributed by atoms with Gasteiger partial charge >= 0.3 is 0 Å². The molecule has 3 aromatic rings. The Kier molecular flexibility index (Phi) is 9.32. The number of hydrogen-bond donors (Lipinski definition) is 1. The molecule has 0 radical (unpaired) electrons. The Bertz CT molecular complexity index is 1090. The van der Waals surface area contributed by atoms with Gasteiger partial charge in [0.1, 0.15) is 6.04 Å². The Hall–Kier alpha value is -3.40. The second-order valence-electron chi connectivity index (χ2n) is 10.0. The number of hydrogen-bond acceptors (Lipinski definition) is 2. The highest BCUT2D eigenvalue weighted by atomic mass is 16.2. The number of nitrogens with zero attached hydrogens (tertiary/aromatic N) is 1. The minimum Gasteiger partial charge on any atom is -0.352 e. The van der Waals surface area contributed by atoms with Gasteiger partial charge in [-0.15, -0.1) is 0 Å². The lowest BCUT2D eigenvalue weighted by atomic mass is 9.94. The molecule has 1 aliphatic rings. The molecule has 0 aromatic heterocycles. The SMILES string of the molecule is Cc1ccc(CCC(=O)N(Cc2ccccc2)[C@H](Cc2ccccc2)C(=O)NC2CCCCC2)cc1. The van der Waals surface area contributed by atoms with Gasteiger partial charge in [-0.25, -0.2) is 0 Å². The van der Waals surface area contributed by atoms with Crippen LogP contribution in [0, 0.1) is 6.92 Å². The van der Waals surface area contributed by atoms with Crippen molar-refractivity contribution in [3.63, 3.8) is 0 Å². The molecule has 0 aliphatic heterocycles. The lowest BCUT2D eigenvalue weighted by Gasteiger charge is -2.33. The fraction of sp³-hybridized carbons (Fsp3) is 0.375. The van der Waals surface area contributed by atoms with Crippen molar-refractivity contribution in [2.75, 3.05) is 0 Å². The molecule has 0 saturated heterocycles. The van der Waals surface area contributed by atoms with Crippen molar-refractivity contribution in [2.24, 2.45) is 0 Å². The quantitative estimate of drug-likeness (QED) is 0.384. The summed E-state index contributed by atoms with van der Waals surface area (Å²) in [7, 11) is 0. The summed E-state index contributed by atoms with van der Waals surface area (Å²) >= 11 is 0. The summed E-state index contributed by atoms with van der Waals surface area (Å²) < 4.78 is 0. The first-order valence-electron chi connectivity index (χ1n) is 13.3. The third-order valence-electron chi connectivity index (χ3n) is 7.17. The van der Waals surface area contributed by atoms with Crippen molar-refractivity contribution >= 4 is 11.8 Å². The number of benzene rings is 3. The molecule has 3 aromatic carbocycles. The van der Waals surface area contributed by atoms with Crippen LogP contribution in [0.3, 0.4) is 0 Å². The van der Waals surface area contributed by atoms with Crippen molar-refractivity contribution in [1.82, 2.24) is 10.2 Å². The summed E-state index contributed by atoms with van der Waals surface area (Å²) in [6.07, 6.45) is 7.10. The first-order chi connectivity index (χ1) is 17.6. The Morgan fingerprint density at radius 1 is 0.806 bits per heavy atom. The average molecular weight is 483 g/mol. The van der Waals surface area contributed by atoms with Crippen LogP contribution in [0.4, 0.5) is 0 Å². The molecule has 4 rings (SSSR count). The summed E-state index contributed by atoms with van der Waals surface area (Å²) in [5.74, 6) is -0.0236. The highest BCUT2D eigenvalue weighted by molar-refractivity contribution is 5.88. The van der Waals surface area contributed by atoms with Crippen LogP contribution >= 0.6 is 0 Å². The normalized spacial score (nSPS) is 14.7. The molecular weight excluding hydrogens is 444 g/mol. The van der Waals surface area contributed by atoms with Gasteiger partial charge in [-0.2, -0.15) is 0 Å². The Labute approximate surface area is 215 Å². The molecule has 0 bridgehead atoms. The van der Waals surface area contributed by atoms with Crippen molar-refractivity contribution in [3.05, 3.63) is 107 Å². The van der Waals surface area contributed by atoms with E-state index in [0.717, 1.165) is 42.4 Å². The molecule has 4 heteroatoms. The van der Waals surface area contributed by atoms with E-state index < -0.39 is 6.04 Å². The number of amides is 2. The van der Waals surface area contributed by atoms with Gasteiger partial charge in [0.15, 0.2) is 0 Å². The minimum atomic E-state index is -0.556. The van der Waals surface area contributed by atoms with Crippen LogP contribution in [0.1, 0.15) is 60.8 Å². The van der Waals surface area contributed by atoms with Gasteiger partial charge in [0.2, 0.25) is 11.8 Å². The summed E-state index contributed by atoms with van der Waals surface area (Å²) in [4.78, 5) is 29.3. The molecular formula is C32H38N2O2. The van der Waals surface area contributed by atoms with Gasteiger partial charge in [-0.05, 0) is 42.9 Å². The number of carbonyl (C=O) groups is 2. The summed E-state index contributed by atoms with van der Waals surface area (Å²) in [6, 6.07) is 28.0. The molecule has 0 unspecified atom stereocenters. The third kappa shape index (κ3) is 7.55. The molecule has 1 saturated carbocycles. The van der Waals surface area contributed by atoms with Crippen molar-refractivity contribution < 1.29 is 9.59 Å². The smallest absolute Gasteiger partial charge is 0.243 e. The molecule has 4 nitrogen and oxygen atoms in total. The van der Waals surface area contributed by atoms with Gasteiger partial charge in [-0.1, -0.05) is 110 Å². The maximum atomic E-state index is 13.8. The topological polar surface area (TPSA) is 49.4 Å². The second-order valence-corrected chi connectivity index (χ2v) is 10.0. The number of carbonyl (C=O) groups excluding carboxylic acids is 2. The largest absolute Gasteiger partial charge is 0.352 e. The van der Waals surface area contributed by atoms with Gasteiger partial charge < -0.3 is 10.2 Å². The number of rotatable bonds is 10. The Balaban J connectivity index is 1.58. The van der Waals surface area contributed by atoms with Crippen LogP contribution in [0.5, 0.6) is 0 Å². The molecule has 0 spiro atoms. The van der Waals surface area contributed by atoms with Gasteiger partial charge in [0, 0.05) is 25.4 Å². The molecule has 1 fully saturated rings. The first-order valence-corrected chi connectivity index (χ1v) is 13.3. The van der Waals surface area contributed by atoms with Crippen LogP contribution in [0.2, 0.25) is 0 Å². The van der Waals surface area contributed by atoms with Gasteiger partial charge in [-0.3, -0.25) is 9.59 Å². The van der Waals surface area contributed by atoms with E-state index in [9.17, 15) is 9.59 Å². The molecule has 188 valence electrons. The highest BCUT2D eigenvalue weighted by Crippen LogP contribution is 2.20. The highest BCUT2D eigenvalue weighted by Gasteiger charge is 2.31. The van der Waals surface area contributed by atoms with E-state index in [-0.39, 0.29) is 17.9 Å². The second kappa shape index (κ2) is 13.1. The fourth-order valence-corrected chi connectivity index (χ4v) is 5.03. The monoisotopic (exact) mass is 482 g/mol. The van der Waals surface area contributed by atoms with E-state index in [2.05, 4.69) is 36.5 Å². The van der Waals surface area contributed by atoms with Crippen LogP contribution in [0.25, 0.3) is 0 Å². The van der Waals surface area contributed by atoms with Crippen LogP contribution in [0.15, 0.2) is 84.9 Å². The fourth-order valence-electron chi connectivity index (χ4n) is 5.03. The zero-order chi connectivity index (χ0) is 25.2. The van der Waals surface area contributed by atoms with Crippen LogP contribution in [-0.4, -0.2) is 28.8 Å². The molecule has 36 heavy (non-hydrogen) atoms. The molecule has 1 N–H and O–H groups in total. The third-order valence-corrected chi connectivity index (χ3v) is 7.17. The molecule has 0 heterocycles. The maximum Gasteiger partial charge on any atom is 0.243 e. The van der Waals surface area contributed by atoms with Crippen molar-refractivity contribution in [3.8, 4) is 0 Å². The molecule has 2 amide bonds. The van der Waals surface area contributed by atoms with E-state index in [1.54, 1.807) is 0 Å².